The van der Waals surface area contributed by atoms with E-state index >= 15 is 0 Å². The third-order valence-corrected chi connectivity index (χ3v) is 3.06. The Morgan fingerprint density at radius 1 is 1.53 bits per heavy atom. The quantitative estimate of drug-likeness (QED) is 0.649. The number of hydrogen-bond donors (Lipinski definition) is 3. The number of hydrogen-bond acceptors (Lipinski definition) is 3. The summed E-state index contributed by atoms with van der Waals surface area (Å²) in [6, 6.07) is 3.58. The van der Waals surface area contributed by atoms with Crippen molar-refractivity contribution >= 4 is 6.03 Å². The van der Waals surface area contributed by atoms with Crippen LogP contribution in [0.25, 0.3) is 0 Å². The van der Waals surface area contributed by atoms with Crippen molar-refractivity contribution in [1.82, 2.24) is 10.6 Å². The van der Waals surface area contributed by atoms with Crippen LogP contribution in [0.4, 0.5) is 4.79 Å². The minimum atomic E-state index is -0.491. The second-order valence-electron chi connectivity index (χ2n) is 4.59. The molecule has 1 aromatic rings. The standard InChI is InChI=1S/C12H19N3O2/c1-8-6-10(8)11-3-2-9(17-11)7-14-4-5-15-12(13)16/h2-3,8,10,14H,4-7H2,1H3,(H3,13,15,16). The van der Waals surface area contributed by atoms with Crippen molar-refractivity contribution in [2.24, 2.45) is 11.7 Å². The van der Waals surface area contributed by atoms with E-state index in [-0.39, 0.29) is 0 Å². The molecule has 94 valence electrons. The number of furan rings is 1. The molecule has 1 fully saturated rings. The van der Waals surface area contributed by atoms with Crippen LogP contribution < -0.4 is 16.4 Å². The lowest BCUT2D eigenvalue weighted by atomic mass is 10.3. The van der Waals surface area contributed by atoms with Crippen LogP contribution in [0, 0.1) is 5.92 Å². The molecule has 0 aliphatic heterocycles. The first-order chi connectivity index (χ1) is 8.16. The van der Waals surface area contributed by atoms with Crippen molar-refractivity contribution < 1.29 is 9.21 Å². The smallest absolute Gasteiger partial charge is 0.312 e. The third-order valence-electron chi connectivity index (χ3n) is 3.06. The highest BCUT2D eigenvalue weighted by atomic mass is 16.3. The molecule has 0 bridgehead atoms. The molecule has 17 heavy (non-hydrogen) atoms. The van der Waals surface area contributed by atoms with E-state index in [1.807, 2.05) is 6.07 Å². The van der Waals surface area contributed by atoms with Gasteiger partial charge in [0.2, 0.25) is 0 Å². The molecule has 0 radical (unpaired) electrons. The molecule has 1 saturated carbocycles. The molecule has 2 rings (SSSR count). The van der Waals surface area contributed by atoms with Gasteiger partial charge in [0, 0.05) is 19.0 Å². The van der Waals surface area contributed by atoms with Gasteiger partial charge in [-0.25, -0.2) is 4.79 Å². The van der Waals surface area contributed by atoms with Crippen LogP contribution in [-0.4, -0.2) is 19.1 Å². The Morgan fingerprint density at radius 3 is 2.94 bits per heavy atom. The molecule has 0 aromatic carbocycles. The first-order valence-electron chi connectivity index (χ1n) is 5.99. The van der Waals surface area contributed by atoms with Gasteiger partial charge in [-0.15, -0.1) is 0 Å². The van der Waals surface area contributed by atoms with E-state index in [4.69, 9.17) is 10.2 Å². The Labute approximate surface area is 101 Å². The summed E-state index contributed by atoms with van der Waals surface area (Å²) in [5, 5.41) is 5.69. The second kappa shape index (κ2) is 5.23. The highest BCUT2D eigenvalue weighted by molar-refractivity contribution is 5.71. The van der Waals surface area contributed by atoms with E-state index in [2.05, 4.69) is 23.6 Å². The molecule has 0 saturated heterocycles. The van der Waals surface area contributed by atoms with E-state index in [1.54, 1.807) is 0 Å². The summed E-state index contributed by atoms with van der Waals surface area (Å²) in [7, 11) is 0. The summed E-state index contributed by atoms with van der Waals surface area (Å²) < 4.78 is 5.73. The fraction of sp³-hybridized carbons (Fsp3) is 0.583. The first kappa shape index (κ1) is 12.0. The molecule has 2 atom stereocenters. The number of nitrogens with one attached hydrogen (secondary N) is 2. The normalized spacial score (nSPS) is 22.4. The molecule has 1 aromatic heterocycles. The van der Waals surface area contributed by atoms with Crippen molar-refractivity contribution in [3.63, 3.8) is 0 Å². The van der Waals surface area contributed by atoms with Crippen LogP contribution in [0.15, 0.2) is 16.5 Å². The lowest BCUT2D eigenvalue weighted by Crippen LogP contribution is -2.35. The SMILES string of the molecule is CC1CC1c1ccc(CNCCNC(N)=O)o1. The van der Waals surface area contributed by atoms with E-state index in [0.717, 1.165) is 17.4 Å². The highest BCUT2D eigenvalue weighted by Gasteiger charge is 2.36. The van der Waals surface area contributed by atoms with Gasteiger partial charge in [-0.2, -0.15) is 0 Å². The zero-order chi connectivity index (χ0) is 12.3. The van der Waals surface area contributed by atoms with Crippen LogP contribution in [0.2, 0.25) is 0 Å². The number of urea groups is 1. The predicted molar refractivity (Wildman–Crippen MR) is 64.5 cm³/mol. The molecule has 1 aliphatic rings. The van der Waals surface area contributed by atoms with Gasteiger partial charge in [0.1, 0.15) is 11.5 Å². The number of carbonyl (C=O) groups is 1. The first-order valence-corrected chi connectivity index (χ1v) is 5.99. The highest BCUT2D eigenvalue weighted by Crippen LogP contribution is 2.47. The average molecular weight is 237 g/mol. The zero-order valence-corrected chi connectivity index (χ0v) is 10.0. The van der Waals surface area contributed by atoms with Gasteiger partial charge in [-0.05, 0) is 24.5 Å². The Bertz CT molecular complexity index is 389. The monoisotopic (exact) mass is 237 g/mol. The van der Waals surface area contributed by atoms with Crippen molar-refractivity contribution in [1.29, 1.82) is 0 Å². The molecule has 1 aliphatic carbocycles. The van der Waals surface area contributed by atoms with E-state index in [9.17, 15) is 4.79 Å². The van der Waals surface area contributed by atoms with Gasteiger partial charge < -0.3 is 20.8 Å². The molecule has 2 unspecified atom stereocenters. The van der Waals surface area contributed by atoms with Crippen molar-refractivity contribution in [3.05, 3.63) is 23.7 Å². The van der Waals surface area contributed by atoms with Gasteiger partial charge in [-0.3, -0.25) is 0 Å². The minimum absolute atomic E-state index is 0.491. The third kappa shape index (κ3) is 3.49. The summed E-state index contributed by atoms with van der Waals surface area (Å²) in [6.07, 6.45) is 1.24. The Hall–Kier alpha value is -1.49. The maximum Gasteiger partial charge on any atom is 0.312 e. The zero-order valence-electron chi connectivity index (χ0n) is 10.0. The van der Waals surface area contributed by atoms with Gasteiger partial charge >= 0.3 is 6.03 Å². The number of nitrogens with two attached hydrogens (primary N) is 1. The molecule has 4 N–H and O–H groups in total. The molecular formula is C12H19N3O2. The van der Waals surface area contributed by atoms with Crippen LogP contribution >= 0.6 is 0 Å². The fourth-order valence-corrected chi connectivity index (χ4v) is 1.89. The Morgan fingerprint density at radius 2 is 2.29 bits per heavy atom. The lowest BCUT2D eigenvalue weighted by molar-refractivity contribution is 0.249. The molecule has 1 heterocycles. The van der Waals surface area contributed by atoms with Crippen molar-refractivity contribution in [2.45, 2.75) is 25.8 Å². The number of primary amides is 1. The number of carbonyl (C=O) groups excluding carboxylic acids is 1. The van der Waals surface area contributed by atoms with E-state index in [0.29, 0.717) is 25.6 Å². The average Bonchev–Trinajstić information content (AvgIpc) is 2.83. The summed E-state index contributed by atoms with van der Waals surface area (Å²) in [5.74, 6) is 3.43. The summed E-state index contributed by atoms with van der Waals surface area (Å²) >= 11 is 0. The molecule has 2 amide bonds. The van der Waals surface area contributed by atoms with Crippen molar-refractivity contribution in [3.8, 4) is 0 Å². The van der Waals surface area contributed by atoms with Gasteiger partial charge in [-0.1, -0.05) is 6.92 Å². The predicted octanol–water partition coefficient (Wildman–Crippen LogP) is 1.16. The number of rotatable bonds is 6. The van der Waals surface area contributed by atoms with Crippen LogP contribution in [0.1, 0.15) is 30.8 Å². The largest absolute Gasteiger partial charge is 0.464 e. The van der Waals surface area contributed by atoms with E-state index < -0.39 is 6.03 Å². The topological polar surface area (TPSA) is 80.3 Å². The lowest BCUT2D eigenvalue weighted by Gasteiger charge is -2.03. The Balaban J connectivity index is 1.65. The van der Waals surface area contributed by atoms with Crippen LogP contribution in [0.3, 0.4) is 0 Å². The second-order valence-corrected chi connectivity index (χ2v) is 4.59. The van der Waals surface area contributed by atoms with Crippen LogP contribution in [-0.2, 0) is 6.54 Å². The fourth-order valence-electron chi connectivity index (χ4n) is 1.89. The maximum atomic E-state index is 10.4. The van der Waals surface area contributed by atoms with Crippen LogP contribution in [0.5, 0.6) is 0 Å². The molecule has 0 spiro atoms. The van der Waals surface area contributed by atoms with Gasteiger partial charge in [0.05, 0.1) is 6.54 Å². The molecular weight excluding hydrogens is 218 g/mol. The van der Waals surface area contributed by atoms with Crippen molar-refractivity contribution in [2.75, 3.05) is 13.1 Å². The minimum Gasteiger partial charge on any atom is -0.464 e. The number of amides is 2. The summed E-state index contributed by atoms with van der Waals surface area (Å²) in [6.45, 7) is 4.13. The molecule has 5 heteroatoms. The maximum absolute atomic E-state index is 10.4. The Kier molecular flexibility index (Phi) is 3.68. The van der Waals surface area contributed by atoms with E-state index in [1.165, 1.54) is 6.42 Å². The summed E-state index contributed by atoms with van der Waals surface area (Å²) in [5.41, 5.74) is 4.95. The van der Waals surface area contributed by atoms with Gasteiger partial charge in [0.25, 0.3) is 0 Å². The van der Waals surface area contributed by atoms with Gasteiger partial charge in [0.15, 0.2) is 0 Å². The molecule has 5 nitrogen and oxygen atoms in total. The summed E-state index contributed by atoms with van der Waals surface area (Å²) in [4.78, 5) is 10.4.